The number of ether oxygens (including phenoxy) is 1. The standard InChI is InChI=1S/C18H30N4O3.HI/c1-21(2)17(23)13-20-18(19-9-8-16-5-4-11-25-16)22(3)10-12-24-14-15-6-7-15;/h4-5,11,15H,6-10,12-14H2,1-3H3,(H,19,20);1H. The minimum absolute atomic E-state index is 0. The second kappa shape index (κ2) is 12.2. The fraction of sp³-hybridized carbons (Fsp3) is 0.667. The number of rotatable bonds is 10. The number of carbonyl (C=O) groups is 1. The quantitative estimate of drug-likeness (QED) is 0.241. The SMILES string of the molecule is CN(C)C(=O)CN=C(NCCc1ccco1)N(C)CCOCC1CC1.I. The molecule has 1 heterocycles. The Labute approximate surface area is 173 Å². The zero-order valence-corrected chi connectivity index (χ0v) is 18.3. The minimum atomic E-state index is -0.0243. The van der Waals surface area contributed by atoms with E-state index in [1.807, 2.05) is 24.1 Å². The van der Waals surface area contributed by atoms with Crippen LogP contribution in [0, 0.1) is 5.92 Å². The maximum atomic E-state index is 11.8. The Kier molecular flexibility index (Phi) is 10.6. The van der Waals surface area contributed by atoms with Crippen LogP contribution in [0.1, 0.15) is 18.6 Å². The lowest BCUT2D eigenvalue weighted by molar-refractivity contribution is -0.127. The van der Waals surface area contributed by atoms with Crippen molar-refractivity contribution in [3.8, 4) is 0 Å². The first-order chi connectivity index (χ1) is 12.1. The van der Waals surface area contributed by atoms with Gasteiger partial charge >= 0.3 is 0 Å². The van der Waals surface area contributed by atoms with Crippen molar-refractivity contribution in [1.82, 2.24) is 15.1 Å². The molecule has 1 saturated carbocycles. The second-order valence-corrected chi connectivity index (χ2v) is 6.62. The average Bonchev–Trinajstić information content (AvgIpc) is 3.27. The lowest BCUT2D eigenvalue weighted by atomic mass is 10.3. The van der Waals surface area contributed by atoms with Crippen LogP contribution >= 0.6 is 24.0 Å². The Morgan fingerprint density at radius 2 is 2.15 bits per heavy atom. The first kappa shape index (κ1) is 22.8. The molecule has 0 bridgehead atoms. The molecule has 0 unspecified atom stereocenters. The number of nitrogens with one attached hydrogen (secondary N) is 1. The first-order valence-electron chi connectivity index (χ1n) is 8.86. The van der Waals surface area contributed by atoms with Gasteiger partial charge in [-0.1, -0.05) is 0 Å². The number of hydrogen-bond donors (Lipinski definition) is 1. The molecule has 148 valence electrons. The molecule has 0 radical (unpaired) electrons. The third kappa shape index (κ3) is 8.88. The van der Waals surface area contributed by atoms with E-state index in [0.29, 0.717) is 19.1 Å². The van der Waals surface area contributed by atoms with Crippen LogP contribution in [0.5, 0.6) is 0 Å². The Morgan fingerprint density at radius 1 is 1.38 bits per heavy atom. The van der Waals surface area contributed by atoms with Gasteiger partial charge in [0.1, 0.15) is 12.3 Å². The zero-order chi connectivity index (χ0) is 18.1. The lowest BCUT2D eigenvalue weighted by Crippen LogP contribution is -2.42. The maximum Gasteiger partial charge on any atom is 0.243 e. The van der Waals surface area contributed by atoms with Crippen LogP contribution in [0.15, 0.2) is 27.8 Å². The van der Waals surface area contributed by atoms with Gasteiger partial charge in [-0.15, -0.1) is 24.0 Å². The van der Waals surface area contributed by atoms with Crippen molar-refractivity contribution in [2.24, 2.45) is 10.9 Å². The Morgan fingerprint density at radius 3 is 2.77 bits per heavy atom. The minimum Gasteiger partial charge on any atom is -0.469 e. The van der Waals surface area contributed by atoms with E-state index < -0.39 is 0 Å². The van der Waals surface area contributed by atoms with E-state index >= 15 is 0 Å². The van der Waals surface area contributed by atoms with Gasteiger partial charge in [0.05, 0.1) is 12.9 Å². The van der Waals surface area contributed by atoms with Gasteiger partial charge in [-0.3, -0.25) is 4.79 Å². The van der Waals surface area contributed by atoms with Gasteiger partial charge in [0.15, 0.2) is 5.96 Å². The van der Waals surface area contributed by atoms with Gasteiger partial charge in [-0.2, -0.15) is 0 Å². The summed E-state index contributed by atoms with van der Waals surface area (Å²) in [5, 5.41) is 3.30. The van der Waals surface area contributed by atoms with Crippen molar-refractivity contribution >= 4 is 35.8 Å². The summed E-state index contributed by atoms with van der Waals surface area (Å²) in [6.45, 7) is 3.06. The molecule has 1 amide bonds. The molecule has 1 aliphatic carbocycles. The molecular formula is C18H31IN4O3. The number of halogens is 1. The lowest BCUT2D eigenvalue weighted by Gasteiger charge is -2.22. The largest absolute Gasteiger partial charge is 0.469 e. The molecule has 0 spiro atoms. The number of amides is 1. The van der Waals surface area contributed by atoms with Gasteiger partial charge in [0.2, 0.25) is 5.91 Å². The average molecular weight is 478 g/mol. The summed E-state index contributed by atoms with van der Waals surface area (Å²) < 4.78 is 11.0. The molecule has 7 nitrogen and oxygen atoms in total. The summed E-state index contributed by atoms with van der Waals surface area (Å²) in [6, 6.07) is 3.83. The number of likely N-dealkylation sites (N-methyl/N-ethyl adjacent to an activating group) is 2. The highest BCUT2D eigenvalue weighted by molar-refractivity contribution is 14.0. The van der Waals surface area contributed by atoms with Gasteiger partial charge in [-0.05, 0) is 30.9 Å². The summed E-state index contributed by atoms with van der Waals surface area (Å²) >= 11 is 0. The highest BCUT2D eigenvalue weighted by Crippen LogP contribution is 2.28. The second-order valence-electron chi connectivity index (χ2n) is 6.62. The van der Waals surface area contributed by atoms with Gasteiger partial charge < -0.3 is 24.3 Å². The van der Waals surface area contributed by atoms with Crippen LogP contribution in [-0.4, -0.2) is 75.7 Å². The van der Waals surface area contributed by atoms with Crippen molar-refractivity contribution < 1.29 is 13.9 Å². The number of hydrogen-bond acceptors (Lipinski definition) is 4. The number of furan rings is 1. The Hall–Kier alpha value is -1.29. The molecular weight excluding hydrogens is 447 g/mol. The van der Waals surface area contributed by atoms with Crippen LogP contribution in [0.3, 0.4) is 0 Å². The smallest absolute Gasteiger partial charge is 0.243 e. The molecule has 0 atom stereocenters. The normalized spacial score (nSPS) is 13.9. The summed E-state index contributed by atoms with van der Waals surface area (Å²) in [5.41, 5.74) is 0. The molecule has 0 saturated heterocycles. The molecule has 2 rings (SSSR count). The predicted octanol–water partition coefficient (Wildman–Crippen LogP) is 1.83. The van der Waals surface area contributed by atoms with Crippen molar-refractivity contribution in [2.45, 2.75) is 19.3 Å². The molecule has 1 fully saturated rings. The third-order valence-electron chi connectivity index (χ3n) is 4.08. The van der Waals surface area contributed by atoms with E-state index in [9.17, 15) is 4.79 Å². The van der Waals surface area contributed by atoms with Crippen molar-refractivity contribution in [2.75, 3.05) is 54.0 Å². The van der Waals surface area contributed by atoms with Crippen LogP contribution in [-0.2, 0) is 16.0 Å². The summed E-state index contributed by atoms with van der Waals surface area (Å²) in [7, 11) is 5.42. The van der Waals surface area contributed by atoms with E-state index in [4.69, 9.17) is 9.15 Å². The maximum absolute atomic E-state index is 11.8. The van der Waals surface area contributed by atoms with Crippen molar-refractivity contribution in [3.63, 3.8) is 0 Å². The van der Waals surface area contributed by atoms with Crippen LogP contribution in [0.25, 0.3) is 0 Å². The summed E-state index contributed by atoms with van der Waals surface area (Å²) in [4.78, 5) is 19.8. The molecule has 1 aromatic heterocycles. The van der Waals surface area contributed by atoms with Crippen LogP contribution < -0.4 is 5.32 Å². The Bertz CT molecular complexity index is 545. The monoisotopic (exact) mass is 478 g/mol. The van der Waals surface area contributed by atoms with E-state index in [1.165, 1.54) is 12.8 Å². The molecule has 26 heavy (non-hydrogen) atoms. The molecule has 1 aromatic rings. The fourth-order valence-corrected chi connectivity index (χ4v) is 2.19. The number of nitrogens with zero attached hydrogens (tertiary/aromatic N) is 3. The molecule has 0 aromatic carbocycles. The Balaban J connectivity index is 0.00000338. The van der Waals surface area contributed by atoms with E-state index in [1.54, 1.807) is 25.3 Å². The van der Waals surface area contributed by atoms with Gasteiger partial charge in [0, 0.05) is 47.3 Å². The molecule has 0 aliphatic heterocycles. The molecule has 1 N–H and O–H groups in total. The molecule has 8 heteroatoms. The van der Waals surface area contributed by atoms with Crippen LogP contribution in [0.4, 0.5) is 0 Å². The molecule has 1 aliphatic rings. The highest BCUT2D eigenvalue weighted by atomic mass is 127. The number of aliphatic imine (C=N–C) groups is 1. The fourth-order valence-electron chi connectivity index (χ4n) is 2.19. The van der Waals surface area contributed by atoms with Gasteiger partial charge in [-0.25, -0.2) is 4.99 Å². The topological polar surface area (TPSA) is 70.3 Å². The highest BCUT2D eigenvalue weighted by Gasteiger charge is 2.21. The van der Waals surface area contributed by atoms with Crippen molar-refractivity contribution in [1.29, 1.82) is 0 Å². The van der Waals surface area contributed by atoms with Crippen molar-refractivity contribution in [3.05, 3.63) is 24.2 Å². The van der Waals surface area contributed by atoms with E-state index in [2.05, 4.69) is 10.3 Å². The first-order valence-corrected chi connectivity index (χ1v) is 8.86. The van der Waals surface area contributed by atoms with Gasteiger partial charge in [0.25, 0.3) is 0 Å². The third-order valence-corrected chi connectivity index (χ3v) is 4.08. The van der Waals surface area contributed by atoms with Crippen LogP contribution in [0.2, 0.25) is 0 Å². The van der Waals surface area contributed by atoms with E-state index in [0.717, 1.165) is 31.3 Å². The zero-order valence-electron chi connectivity index (χ0n) is 15.9. The number of carbonyl (C=O) groups excluding carboxylic acids is 1. The van der Waals surface area contributed by atoms with E-state index in [-0.39, 0.29) is 36.4 Å². The summed E-state index contributed by atoms with van der Waals surface area (Å²) in [5.74, 6) is 2.37. The summed E-state index contributed by atoms with van der Waals surface area (Å²) in [6.07, 6.45) is 5.02. The number of guanidine groups is 1. The predicted molar refractivity (Wildman–Crippen MR) is 113 cm³/mol.